The second-order valence-electron chi connectivity index (χ2n) is 5.18. The summed E-state index contributed by atoms with van der Waals surface area (Å²) in [6.07, 6.45) is 0. The van der Waals surface area contributed by atoms with Crippen LogP contribution < -0.4 is 5.32 Å². The molecule has 122 valence electrons. The minimum Gasteiger partial charge on any atom is -0.480 e. The zero-order valence-electron chi connectivity index (χ0n) is 12.4. The van der Waals surface area contributed by atoms with Gasteiger partial charge < -0.3 is 15.3 Å². The van der Waals surface area contributed by atoms with Crippen LogP contribution in [0.2, 0.25) is 0 Å². The third kappa shape index (κ3) is 4.50. The molecule has 1 heterocycles. The number of aliphatic carboxylic acids is 1. The summed E-state index contributed by atoms with van der Waals surface area (Å²) in [4.78, 5) is 24.7. The predicted octanol–water partition coefficient (Wildman–Crippen LogP) is 0.615. The van der Waals surface area contributed by atoms with Crippen molar-refractivity contribution in [2.75, 3.05) is 23.8 Å². The Morgan fingerprint density at radius 3 is 2.52 bits per heavy atom. The van der Waals surface area contributed by atoms with Crippen LogP contribution in [-0.2, 0) is 14.6 Å². The molecule has 9 heteroatoms. The maximum Gasteiger partial charge on any atom is 0.326 e. The highest BCUT2D eigenvalue weighted by Gasteiger charge is 2.37. The Morgan fingerprint density at radius 1 is 1.43 bits per heavy atom. The van der Waals surface area contributed by atoms with Crippen molar-refractivity contribution in [3.8, 4) is 0 Å². The molecule has 0 aromatic heterocycles. The van der Waals surface area contributed by atoms with Crippen molar-refractivity contribution in [3.05, 3.63) is 0 Å². The summed E-state index contributed by atoms with van der Waals surface area (Å²) in [6.45, 7) is 5.21. The normalized spacial score (nSPS) is 21.1. The zero-order chi connectivity index (χ0) is 16.2. The number of nitrogens with zero attached hydrogens (tertiary/aromatic N) is 1. The van der Waals surface area contributed by atoms with Gasteiger partial charge in [-0.25, -0.2) is 18.0 Å². The second-order valence-corrected chi connectivity index (χ2v) is 8.78. The van der Waals surface area contributed by atoms with Gasteiger partial charge in [0.2, 0.25) is 0 Å². The van der Waals surface area contributed by atoms with Gasteiger partial charge in [0.25, 0.3) is 0 Å². The number of carboxylic acid groups (broad SMARTS) is 1. The average molecular weight is 338 g/mol. The number of hydrogen-bond acceptors (Lipinski definition) is 5. The SMILES string of the molecule is CCS(=O)(=O)C1CSCCN1C(=O)N[C@H](C(=O)O)C(C)C. The summed E-state index contributed by atoms with van der Waals surface area (Å²) in [5, 5.41) is 10.6. The maximum absolute atomic E-state index is 12.3. The van der Waals surface area contributed by atoms with Crippen LogP contribution in [-0.4, -0.2) is 65.6 Å². The molecular formula is C12H22N2O5S2. The van der Waals surface area contributed by atoms with Crippen molar-refractivity contribution < 1.29 is 23.1 Å². The molecule has 0 radical (unpaired) electrons. The summed E-state index contributed by atoms with van der Waals surface area (Å²) < 4.78 is 24.1. The molecular weight excluding hydrogens is 316 g/mol. The van der Waals surface area contributed by atoms with E-state index in [1.807, 2.05) is 0 Å². The third-order valence-corrected chi connectivity index (χ3v) is 6.66. The lowest BCUT2D eigenvalue weighted by atomic mass is 10.1. The van der Waals surface area contributed by atoms with E-state index >= 15 is 0 Å². The summed E-state index contributed by atoms with van der Waals surface area (Å²) in [5.74, 6) is -0.494. The molecule has 0 spiro atoms. The molecule has 1 rings (SSSR count). The van der Waals surface area contributed by atoms with Gasteiger partial charge in [0.1, 0.15) is 11.4 Å². The van der Waals surface area contributed by atoms with Crippen LogP contribution in [0.15, 0.2) is 0 Å². The maximum atomic E-state index is 12.3. The Balaban J connectivity index is 2.90. The number of carboxylic acids is 1. The number of hydrogen-bond donors (Lipinski definition) is 2. The van der Waals surface area contributed by atoms with E-state index in [2.05, 4.69) is 5.32 Å². The van der Waals surface area contributed by atoms with E-state index in [4.69, 9.17) is 5.11 Å². The highest BCUT2D eigenvalue weighted by Crippen LogP contribution is 2.21. The van der Waals surface area contributed by atoms with Gasteiger partial charge in [-0.3, -0.25) is 0 Å². The van der Waals surface area contributed by atoms with Crippen LogP contribution >= 0.6 is 11.8 Å². The Labute approximate surface area is 129 Å². The molecule has 1 aliphatic rings. The Kier molecular flexibility index (Phi) is 6.33. The van der Waals surface area contributed by atoms with Crippen molar-refractivity contribution >= 4 is 33.6 Å². The fourth-order valence-electron chi connectivity index (χ4n) is 2.03. The molecule has 7 nitrogen and oxygen atoms in total. The number of carbonyl (C=O) groups excluding carboxylic acids is 1. The standard InChI is InChI=1S/C12H22N2O5S2/c1-4-21(18,19)9-7-20-6-5-14(9)12(17)13-10(8(2)3)11(15)16/h8-10H,4-7H2,1-3H3,(H,13,17)(H,15,16)/t9?,10-/m0/s1. The van der Waals surface area contributed by atoms with Gasteiger partial charge in [-0.2, -0.15) is 11.8 Å². The van der Waals surface area contributed by atoms with E-state index in [-0.39, 0.29) is 11.7 Å². The first-order valence-corrected chi connectivity index (χ1v) is 9.67. The number of urea groups is 1. The van der Waals surface area contributed by atoms with Gasteiger partial charge in [0.05, 0.1) is 0 Å². The zero-order valence-corrected chi connectivity index (χ0v) is 14.0. The van der Waals surface area contributed by atoms with E-state index in [0.29, 0.717) is 18.1 Å². The first-order valence-electron chi connectivity index (χ1n) is 6.80. The molecule has 0 aromatic rings. The lowest BCUT2D eigenvalue weighted by molar-refractivity contribution is -0.140. The monoisotopic (exact) mass is 338 g/mol. The molecule has 0 aromatic carbocycles. The van der Waals surface area contributed by atoms with Crippen LogP contribution in [0.1, 0.15) is 20.8 Å². The van der Waals surface area contributed by atoms with Gasteiger partial charge in [0, 0.05) is 23.8 Å². The molecule has 1 aliphatic heterocycles. The van der Waals surface area contributed by atoms with Gasteiger partial charge in [-0.05, 0) is 5.92 Å². The number of thioether (sulfide) groups is 1. The Bertz CT molecular complexity index is 492. The molecule has 2 amide bonds. The van der Waals surface area contributed by atoms with E-state index in [1.165, 1.54) is 16.7 Å². The Hall–Kier alpha value is -0.960. The number of amides is 2. The average Bonchev–Trinajstić information content (AvgIpc) is 2.43. The number of sulfone groups is 1. The van der Waals surface area contributed by atoms with E-state index in [9.17, 15) is 18.0 Å². The van der Waals surface area contributed by atoms with Crippen molar-refractivity contribution in [1.29, 1.82) is 0 Å². The van der Waals surface area contributed by atoms with Crippen LogP contribution in [0.4, 0.5) is 4.79 Å². The van der Waals surface area contributed by atoms with Gasteiger partial charge in [-0.1, -0.05) is 20.8 Å². The van der Waals surface area contributed by atoms with E-state index in [0.717, 1.165) is 0 Å². The molecule has 21 heavy (non-hydrogen) atoms. The molecule has 2 atom stereocenters. The minimum atomic E-state index is -3.39. The highest BCUT2D eigenvalue weighted by atomic mass is 32.2. The van der Waals surface area contributed by atoms with Gasteiger partial charge >= 0.3 is 12.0 Å². The van der Waals surface area contributed by atoms with E-state index in [1.54, 1.807) is 20.8 Å². The van der Waals surface area contributed by atoms with Crippen molar-refractivity contribution in [3.63, 3.8) is 0 Å². The van der Waals surface area contributed by atoms with Gasteiger partial charge in [0.15, 0.2) is 9.84 Å². The fraction of sp³-hybridized carbons (Fsp3) is 0.833. The highest BCUT2D eigenvalue weighted by molar-refractivity contribution is 8.01. The lowest BCUT2D eigenvalue weighted by Crippen LogP contribution is -2.57. The third-order valence-electron chi connectivity index (χ3n) is 3.37. The number of nitrogens with one attached hydrogen (secondary N) is 1. The summed E-state index contributed by atoms with van der Waals surface area (Å²) in [5.41, 5.74) is 0. The molecule has 1 saturated heterocycles. The first-order chi connectivity index (χ1) is 9.70. The molecule has 0 saturated carbocycles. The van der Waals surface area contributed by atoms with Crippen LogP contribution in [0.5, 0.6) is 0 Å². The molecule has 0 aliphatic carbocycles. The predicted molar refractivity (Wildman–Crippen MR) is 82.1 cm³/mol. The molecule has 0 bridgehead atoms. The van der Waals surface area contributed by atoms with Crippen molar-refractivity contribution in [1.82, 2.24) is 10.2 Å². The summed E-state index contributed by atoms with van der Waals surface area (Å²) in [7, 11) is -3.39. The quantitative estimate of drug-likeness (QED) is 0.761. The van der Waals surface area contributed by atoms with E-state index < -0.39 is 33.3 Å². The lowest BCUT2D eigenvalue weighted by Gasteiger charge is -2.35. The fourth-order valence-corrected chi connectivity index (χ4v) is 5.00. The molecule has 1 unspecified atom stereocenters. The smallest absolute Gasteiger partial charge is 0.326 e. The summed E-state index contributed by atoms with van der Waals surface area (Å²) in [6, 6.07) is -1.66. The molecule has 1 fully saturated rings. The van der Waals surface area contributed by atoms with Crippen LogP contribution in [0.3, 0.4) is 0 Å². The number of carbonyl (C=O) groups is 2. The minimum absolute atomic E-state index is 0.0471. The van der Waals surface area contributed by atoms with Crippen molar-refractivity contribution in [2.24, 2.45) is 5.92 Å². The molecule has 2 N–H and O–H groups in total. The van der Waals surface area contributed by atoms with Gasteiger partial charge in [-0.15, -0.1) is 0 Å². The second kappa shape index (κ2) is 7.35. The summed E-state index contributed by atoms with van der Waals surface area (Å²) >= 11 is 1.48. The Morgan fingerprint density at radius 2 is 2.05 bits per heavy atom. The van der Waals surface area contributed by atoms with Crippen LogP contribution in [0, 0.1) is 5.92 Å². The van der Waals surface area contributed by atoms with Crippen LogP contribution in [0.25, 0.3) is 0 Å². The topological polar surface area (TPSA) is 104 Å². The largest absolute Gasteiger partial charge is 0.480 e. The first kappa shape index (κ1) is 18.1. The number of rotatable bonds is 5. The van der Waals surface area contributed by atoms with Crippen molar-refractivity contribution in [2.45, 2.75) is 32.2 Å².